The first-order chi connectivity index (χ1) is 10.9. The van der Waals surface area contributed by atoms with Gasteiger partial charge in [-0.15, -0.1) is 0 Å². The van der Waals surface area contributed by atoms with Crippen LogP contribution >= 0.6 is 12.6 Å². The van der Waals surface area contributed by atoms with E-state index in [2.05, 4.69) is 79.3 Å². The molecule has 0 fully saturated rings. The molecule has 0 saturated carbocycles. The molecule has 0 saturated heterocycles. The SMILES string of the molecule is C[I-]C#Cc1cccc2c1C([B]CC(C)C(C)(C)S)=CCC=C2. The summed E-state index contributed by atoms with van der Waals surface area (Å²) >= 11 is 4.71. The van der Waals surface area contributed by atoms with Crippen LogP contribution in [0.3, 0.4) is 0 Å². The standard InChI is InChI=1S/C20H24BIS/c1-15(20(2,3)23)14-21-18-11-6-5-8-16-9-7-10-17(19(16)18)12-13-22-4/h5,7-11,15,23H,6,14H2,1-4H3/q-1. The average Bonchev–Trinajstić information content (AvgIpc) is 2.72. The molecule has 0 bridgehead atoms. The van der Waals surface area contributed by atoms with E-state index in [0.29, 0.717) is 5.92 Å². The van der Waals surface area contributed by atoms with E-state index in [-0.39, 0.29) is 26.0 Å². The Morgan fingerprint density at radius 2 is 2.17 bits per heavy atom. The van der Waals surface area contributed by atoms with Crippen LogP contribution in [0.15, 0.2) is 30.4 Å². The Morgan fingerprint density at radius 1 is 1.39 bits per heavy atom. The number of benzene rings is 1. The second-order valence-corrected chi connectivity index (χ2v) is 9.24. The molecule has 0 aliphatic heterocycles. The van der Waals surface area contributed by atoms with Crippen LogP contribution in [0.1, 0.15) is 43.9 Å². The van der Waals surface area contributed by atoms with Crippen LogP contribution < -0.4 is 21.2 Å². The van der Waals surface area contributed by atoms with E-state index < -0.39 is 0 Å². The van der Waals surface area contributed by atoms with Crippen LogP contribution in [0.5, 0.6) is 0 Å². The number of thiol groups is 1. The number of alkyl halides is 1. The molecule has 0 aromatic heterocycles. The van der Waals surface area contributed by atoms with Crippen molar-refractivity contribution in [1.82, 2.24) is 0 Å². The van der Waals surface area contributed by atoms with E-state index in [9.17, 15) is 0 Å². The molecule has 3 heteroatoms. The minimum atomic E-state index is -0.00785. The van der Waals surface area contributed by atoms with Crippen molar-refractivity contribution in [2.75, 3.05) is 4.93 Å². The molecule has 2 rings (SSSR count). The molecule has 1 atom stereocenters. The van der Waals surface area contributed by atoms with E-state index in [1.807, 2.05) is 0 Å². The fourth-order valence-corrected chi connectivity index (χ4v) is 3.17. The van der Waals surface area contributed by atoms with Gasteiger partial charge in [-0.1, -0.05) is 0 Å². The zero-order valence-electron chi connectivity index (χ0n) is 14.4. The van der Waals surface area contributed by atoms with Crippen LogP contribution in [0, 0.1) is 15.8 Å². The van der Waals surface area contributed by atoms with Gasteiger partial charge in [0.2, 0.25) is 0 Å². The molecule has 23 heavy (non-hydrogen) atoms. The minimum absolute atomic E-state index is 0.00785. The zero-order valence-corrected chi connectivity index (χ0v) is 17.4. The van der Waals surface area contributed by atoms with Gasteiger partial charge in [0, 0.05) is 0 Å². The zero-order chi connectivity index (χ0) is 16.9. The molecular formula is C20H24BIS-. The average molecular weight is 434 g/mol. The van der Waals surface area contributed by atoms with Crippen molar-refractivity contribution < 1.29 is 21.2 Å². The molecule has 0 N–H and O–H groups in total. The summed E-state index contributed by atoms with van der Waals surface area (Å²) in [5.41, 5.74) is 5.07. The Morgan fingerprint density at radius 3 is 2.87 bits per heavy atom. The van der Waals surface area contributed by atoms with Crippen molar-refractivity contribution in [2.45, 2.75) is 38.3 Å². The van der Waals surface area contributed by atoms with Gasteiger partial charge in [0.05, 0.1) is 0 Å². The molecule has 0 nitrogen and oxygen atoms in total. The summed E-state index contributed by atoms with van der Waals surface area (Å²) in [5.74, 6) is 3.91. The fraction of sp³-hybridized carbons (Fsp3) is 0.400. The van der Waals surface area contributed by atoms with Crippen molar-refractivity contribution in [2.24, 2.45) is 5.92 Å². The Hall–Kier alpha value is -0.595. The summed E-state index contributed by atoms with van der Waals surface area (Å²) in [5, 5.41) is 0. The Bertz CT molecular complexity index is 671. The maximum atomic E-state index is 4.72. The number of allylic oxidation sites excluding steroid dienone is 2. The van der Waals surface area contributed by atoms with Crippen LogP contribution in [0.2, 0.25) is 6.32 Å². The third-order valence-electron chi connectivity index (χ3n) is 4.33. The first kappa shape index (κ1) is 18.7. The summed E-state index contributed by atoms with van der Waals surface area (Å²) in [7, 11) is 2.38. The van der Waals surface area contributed by atoms with Crippen molar-refractivity contribution in [3.05, 3.63) is 47.0 Å². The normalized spacial score (nSPS) is 15.1. The van der Waals surface area contributed by atoms with Gasteiger partial charge in [-0.05, 0) is 0 Å². The van der Waals surface area contributed by atoms with Crippen molar-refractivity contribution in [3.63, 3.8) is 0 Å². The Kier molecular flexibility index (Phi) is 6.91. The molecule has 0 spiro atoms. The molecule has 1 aromatic carbocycles. The quantitative estimate of drug-likeness (QED) is 0.242. The number of hydrogen-bond acceptors (Lipinski definition) is 1. The second kappa shape index (κ2) is 8.49. The molecule has 1 radical (unpaired) electrons. The van der Waals surface area contributed by atoms with Gasteiger partial charge < -0.3 is 0 Å². The summed E-state index contributed by atoms with van der Waals surface area (Å²) in [6, 6.07) is 6.46. The van der Waals surface area contributed by atoms with Gasteiger partial charge in [-0.25, -0.2) is 0 Å². The van der Waals surface area contributed by atoms with Gasteiger partial charge in [0.15, 0.2) is 0 Å². The van der Waals surface area contributed by atoms with Crippen LogP contribution in [0.4, 0.5) is 0 Å². The Balaban J connectivity index is 2.32. The van der Waals surface area contributed by atoms with Gasteiger partial charge in [-0.3, -0.25) is 0 Å². The van der Waals surface area contributed by atoms with Crippen LogP contribution in [0.25, 0.3) is 11.5 Å². The predicted octanol–water partition coefficient (Wildman–Crippen LogP) is 1.94. The van der Waals surface area contributed by atoms with Crippen LogP contribution in [-0.2, 0) is 0 Å². The van der Waals surface area contributed by atoms with Gasteiger partial charge in [0.1, 0.15) is 0 Å². The second-order valence-electron chi connectivity index (χ2n) is 6.47. The molecular weight excluding hydrogens is 410 g/mol. The number of rotatable bonds is 4. The third kappa shape index (κ3) is 5.19. The topological polar surface area (TPSA) is 0 Å². The molecule has 121 valence electrons. The predicted molar refractivity (Wildman–Crippen MR) is 104 cm³/mol. The van der Waals surface area contributed by atoms with Crippen molar-refractivity contribution >= 4 is 31.5 Å². The molecule has 0 amide bonds. The van der Waals surface area contributed by atoms with Crippen molar-refractivity contribution in [1.29, 1.82) is 0 Å². The maximum absolute atomic E-state index is 4.72. The van der Waals surface area contributed by atoms with Gasteiger partial charge in [-0.2, -0.15) is 0 Å². The van der Waals surface area contributed by atoms with E-state index in [1.165, 1.54) is 16.6 Å². The van der Waals surface area contributed by atoms with E-state index in [4.69, 9.17) is 12.6 Å². The summed E-state index contributed by atoms with van der Waals surface area (Å²) < 4.78 is 3.36. The van der Waals surface area contributed by atoms with Gasteiger partial charge >= 0.3 is 159 Å². The molecule has 1 unspecified atom stereocenters. The number of halogens is 1. The fourth-order valence-electron chi connectivity index (χ4n) is 2.50. The number of fused-ring (bicyclic) bond motifs is 1. The first-order valence-electron chi connectivity index (χ1n) is 7.98. The first-order valence-corrected chi connectivity index (χ1v) is 11.7. The molecule has 1 aliphatic rings. The monoisotopic (exact) mass is 434 g/mol. The third-order valence-corrected chi connectivity index (χ3v) is 5.58. The summed E-state index contributed by atoms with van der Waals surface area (Å²) in [4.78, 5) is 2.20. The molecule has 1 aromatic rings. The summed E-state index contributed by atoms with van der Waals surface area (Å²) in [6.45, 7) is 6.65. The van der Waals surface area contributed by atoms with Crippen molar-refractivity contribution in [3.8, 4) is 9.85 Å². The van der Waals surface area contributed by atoms with Gasteiger partial charge in [0.25, 0.3) is 0 Å². The number of hydrogen-bond donors (Lipinski definition) is 1. The van der Waals surface area contributed by atoms with Crippen LogP contribution in [-0.4, -0.2) is 17.0 Å². The molecule has 1 aliphatic carbocycles. The van der Waals surface area contributed by atoms with E-state index in [0.717, 1.165) is 18.3 Å². The van der Waals surface area contributed by atoms with E-state index >= 15 is 0 Å². The Labute approximate surface area is 158 Å². The van der Waals surface area contributed by atoms with E-state index in [1.54, 1.807) is 0 Å². The molecule has 0 heterocycles. The summed E-state index contributed by atoms with van der Waals surface area (Å²) in [6.07, 6.45) is 8.80.